The molecule has 2 fully saturated rings. The number of rotatable bonds is 5. The van der Waals surface area contributed by atoms with Crippen LogP contribution in [-0.2, 0) is 11.8 Å². The van der Waals surface area contributed by atoms with Gasteiger partial charge in [-0.3, -0.25) is 4.79 Å². The molecule has 6 rings (SSSR count). The van der Waals surface area contributed by atoms with E-state index in [4.69, 9.17) is 0 Å². The Kier molecular flexibility index (Phi) is 4.83. The Morgan fingerprint density at radius 1 is 1.09 bits per heavy atom. The number of anilines is 1. The van der Waals surface area contributed by atoms with Crippen molar-refractivity contribution in [3.05, 3.63) is 72.7 Å². The van der Waals surface area contributed by atoms with Gasteiger partial charge in [0.15, 0.2) is 11.6 Å². The molecule has 0 bridgehead atoms. The largest absolute Gasteiger partial charge is 0.351 e. The molecule has 2 aromatic carbocycles. The highest BCUT2D eigenvalue weighted by molar-refractivity contribution is 5.93. The minimum Gasteiger partial charge on any atom is -0.351 e. The van der Waals surface area contributed by atoms with Crippen LogP contribution in [0.1, 0.15) is 25.8 Å². The van der Waals surface area contributed by atoms with Crippen molar-refractivity contribution in [1.82, 2.24) is 14.1 Å². The minimum absolute atomic E-state index is 0.0493. The molecule has 2 unspecified atom stereocenters. The van der Waals surface area contributed by atoms with Crippen LogP contribution in [0.4, 0.5) is 14.5 Å². The van der Waals surface area contributed by atoms with Crippen LogP contribution in [-0.4, -0.2) is 20.0 Å². The van der Waals surface area contributed by atoms with E-state index in [1.165, 1.54) is 6.07 Å². The van der Waals surface area contributed by atoms with Gasteiger partial charge < -0.3 is 14.5 Å². The first kappa shape index (κ1) is 21.1. The van der Waals surface area contributed by atoms with Gasteiger partial charge in [-0.05, 0) is 60.4 Å². The van der Waals surface area contributed by atoms with Crippen LogP contribution in [0.3, 0.4) is 0 Å². The van der Waals surface area contributed by atoms with E-state index in [9.17, 15) is 13.6 Å². The summed E-state index contributed by atoms with van der Waals surface area (Å²) in [7, 11) is 2.01. The summed E-state index contributed by atoms with van der Waals surface area (Å²) in [6.45, 7) is 2.01. The van der Waals surface area contributed by atoms with E-state index in [-0.39, 0.29) is 17.9 Å². The van der Waals surface area contributed by atoms with Crippen molar-refractivity contribution < 1.29 is 13.6 Å². The Bertz CT molecular complexity index is 1380. The maximum atomic E-state index is 13.8. The van der Waals surface area contributed by atoms with Crippen LogP contribution in [0.25, 0.3) is 22.3 Å². The van der Waals surface area contributed by atoms with Gasteiger partial charge in [-0.2, -0.15) is 0 Å². The molecule has 0 radical (unpaired) electrons. The molecule has 2 aromatic heterocycles. The Balaban J connectivity index is 1.09. The highest BCUT2D eigenvalue weighted by Gasteiger charge is 2.59. The van der Waals surface area contributed by atoms with Crippen molar-refractivity contribution in [3.8, 4) is 11.3 Å². The zero-order chi connectivity index (χ0) is 23.6. The molecule has 4 aromatic rings. The van der Waals surface area contributed by atoms with Crippen molar-refractivity contribution in [2.75, 3.05) is 5.32 Å². The second kappa shape index (κ2) is 7.79. The molecule has 1 N–H and O–H groups in total. The van der Waals surface area contributed by atoms with Crippen LogP contribution in [0.15, 0.2) is 61.1 Å². The number of nitrogens with zero attached hydrogens (tertiary/aromatic N) is 3. The fraction of sp³-hybridized carbons (Fsp3) is 0.333. The molecular weight excluding hydrogens is 434 g/mol. The number of hydrogen-bond donors (Lipinski definition) is 1. The first-order valence-corrected chi connectivity index (χ1v) is 11.7. The van der Waals surface area contributed by atoms with Crippen molar-refractivity contribution in [3.63, 3.8) is 0 Å². The first-order valence-electron chi connectivity index (χ1n) is 11.7. The molecule has 34 heavy (non-hydrogen) atoms. The van der Waals surface area contributed by atoms with Crippen LogP contribution in [0.2, 0.25) is 0 Å². The predicted octanol–water partition coefficient (Wildman–Crippen LogP) is 5.79. The van der Waals surface area contributed by atoms with Crippen LogP contribution < -0.4 is 5.32 Å². The fourth-order valence-corrected chi connectivity index (χ4v) is 6.06. The van der Waals surface area contributed by atoms with Gasteiger partial charge in [0, 0.05) is 48.7 Å². The van der Waals surface area contributed by atoms with Gasteiger partial charge in [0.25, 0.3) is 0 Å². The summed E-state index contributed by atoms with van der Waals surface area (Å²) in [6.07, 6.45) is 5.56. The van der Waals surface area contributed by atoms with Crippen molar-refractivity contribution in [2.45, 2.75) is 25.8 Å². The summed E-state index contributed by atoms with van der Waals surface area (Å²) in [5, 5.41) is 3.08. The molecule has 5 nitrogen and oxygen atoms in total. The average molecular weight is 461 g/mol. The molecule has 1 amide bonds. The normalized spacial score (nSPS) is 24.2. The SMILES string of the molecule is C[C@H](C(=O)Nc1ccc(-c2cccn2C)cc1)C1[C@H]2CC(n3cnc4cc(F)c(F)cc43)C[C@@H]12. The van der Waals surface area contributed by atoms with Gasteiger partial charge in [0.2, 0.25) is 5.91 Å². The number of carbonyl (C=O) groups excluding carboxylic acids is 1. The Hall–Kier alpha value is -3.48. The van der Waals surface area contributed by atoms with E-state index in [0.717, 1.165) is 35.9 Å². The zero-order valence-electron chi connectivity index (χ0n) is 19.1. The summed E-state index contributed by atoms with van der Waals surface area (Å²) in [5.74, 6) is -0.425. The maximum Gasteiger partial charge on any atom is 0.227 e. The van der Waals surface area contributed by atoms with Gasteiger partial charge >= 0.3 is 0 Å². The average Bonchev–Trinajstić information content (AvgIpc) is 3.21. The smallest absolute Gasteiger partial charge is 0.227 e. The van der Waals surface area contributed by atoms with E-state index in [1.54, 1.807) is 6.33 Å². The lowest BCUT2D eigenvalue weighted by Gasteiger charge is -2.20. The van der Waals surface area contributed by atoms with Crippen molar-refractivity contribution >= 4 is 22.6 Å². The monoisotopic (exact) mass is 460 g/mol. The molecule has 2 aliphatic rings. The first-order chi connectivity index (χ1) is 16.4. The number of fused-ring (bicyclic) bond motifs is 2. The van der Waals surface area contributed by atoms with Gasteiger partial charge in [-0.25, -0.2) is 13.8 Å². The molecule has 0 aliphatic heterocycles. The third-order valence-corrected chi connectivity index (χ3v) is 7.88. The molecule has 2 heterocycles. The Labute approximate surface area is 196 Å². The third kappa shape index (κ3) is 3.42. The number of amides is 1. The quantitative estimate of drug-likeness (QED) is 0.410. The molecule has 2 aliphatic carbocycles. The number of carbonyl (C=O) groups is 1. The Morgan fingerprint density at radius 3 is 2.47 bits per heavy atom. The summed E-state index contributed by atoms with van der Waals surface area (Å²) >= 11 is 0. The van der Waals surface area contributed by atoms with Gasteiger partial charge in [-0.15, -0.1) is 0 Å². The van der Waals surface area contributed by atoms with Gasteiger partial charge in [-0.1, -0.05) is 19.1 Å². The second-order valence-electron chi connectivity index (χ2n) is 9.80. The van der Waals surface area contributed by atoms with Crippen LogP contribution in [0, 0.1) is 35.3 Å². The molecule has 0 spiro atoms. The minimum atomic E-state index is -0.874. The number of imidazole rings is 1. The van der Waals surface area contributed by atoms with Crippen molar-refractivity contribution in [1.29, 1.82) is 0 Å². The lowest BCUT2D eigenvalue weighted by molar-refractivity contribution is -0.120. The number of aromatic nitrogens is 3. The summed E-state index contributed by atoms with van der Waals surface area (Å²) in [5.41, 5.74) is 4.15. The third-order valence-electron chi connectivity index (χ3n) is 7.88. The van der Waals surface area contributed by atoms with Gasteiger partial charge in [0.05, 0.1) is 17.4 Å². The molecule has 0 saturated heterocycles. The van der Waals surface area contributed by atoms with Gasteiger partial charge in [0.1, 0.15) is 0 Å². The number of hydrogen-bond acceptors (Lipinski definition) is 2. The predicted molar refractivity (Wildman–Crippen MR) is 127 cm³/mol. The fourth-order valence-electron chi connectivity index (χ4n) is 6.06. The molecule has 2 saturated carbocycles. The molecule has 7 heteroatoms. The molecule has 174 valence electrons. The van der Waals surface area contributed by atoms with E-state index < -0.39 is 11.6 Å². The number of benzene rings is 2. The van der Waals surface area contributed by atoms with Crippen LogP contribution >= 0.6 is 0 Å². The standard InChI is InChI=1S/C27H26F2N4O/c1-15(27(34)31-17-7-5-16(6-8-17)24-4-3-9-32(24)2)26-19-10-18(11-20(19)26)33-14-30-23-12-21(28)22(29)13-25(23)33/h3-9,12-15,18-20,26H,10-11H2,1-2H3,(H,31,34)/t15-,18?,19-,20+,26?/m0/s1. The maximum absolute atomic E-state index is 13.8. The molecular formula is C27H26F2N4O. The van der Waals surface area contributed by atoms with Crippen molar-refractivity contribution in [2.24, 2.45) is 30.7 Å². The highest BCUT2D eigenvalue weighted by Crippen LogP contribution is 2.64. The number of aryl methyl sites for hydroxylation is 1. The summed E-state index contributed by atoms with van der Waals surface area (Å²) in [6, 6.07) is 14.6. The van der Waals surface area contributed by atoms with E-state index >= 15 is 0 Å². The second-order valence-corrected chi connectivity index (χ2v) is 9.80. The summed E-state index contributed by atoms with van der Waals surface area (Å²) < 4.78 is 31.3. The Morgan fingerprint density at radius 2 is 1.79 bits per heavy atom. The zero-order valence-corrected chi connectivity index (χ0v) is 19.1. The number of nitrogens with one attached hydrogen (secondary N) is 1. The lowest BCUT2D eigenvalue weighted by atomic mass is 9.96. The van der Waals surface area contributed by atoms with Crippen LogP contribution in [0.5, 0.6) is 0 Å². The topological polar surface area (TPSA) is 51.9 Å². The highest BCUT2D eigenvalue weighted by atomic mass is 19.2. The van der Waals surface area contributed by atoms with E-state index in [0.29, 0.717) is 28.8 Å². The molecule has 5 atom stereocenters. The van der Waals surface area contributed by atoms with E-state index in [1.807, 2.05) is 55.1 Å². The lowest BCUT2D eigenvalue weighted by Crippen LogP contribution is -2.24. The van der Waals surface area contributed by atoms with E-state index in [2.05, 4.69) is 20.9 Å². The number of halogens is 2. The summed E-state index contributed by atoms with van der Waals surface area (Å²) in [4.78, 5) is 17.2.